The number of hydrogen-bond donors (Lipinski definition) is 2. The molecule has 0 saturated heterocycles. The molecule has 1 aromatic heterocycles. The van der Waals surface area contributed by atoms with Crippen LogP contribution in [0.1, 0.15) is 23.0 Å². The van der Waals surface area contributed by atoms with Crippen LogP contribution in [-0.2, 0) is 4.79 Å². The van der Waals surface area contributed by atoms with E-state index in [1.54, 1.807) is 31.2 Å². The van der Waals surface area contributed by atoms with E-state index in [1.807, 2.05) is 0 Å². The summed E-state index contributed by atoms with van der Waals surface area (Å²) in [7, 11) is 0. The molecule has 0 atom stereocenters. The Morgan fingerprint density at radius 3 is 2.70 bits per heavy atom. The van der Waals surface area contributed by atoms with Crippen LogP contribution in [0.3, 0.4) is 0 Å². The molecule has 6 nitrogen and oxygen atoms in total. The second kappa shape index (κ2) is 8.50. The number of H-pyrrole nitrogens is 1. The first kappa shape index (κ1) is 18.9. The number of nitrogens with one attached hydrogen (secondary N) is 2. The van der Waals surface area contributed by atoms with Gasteiger partial charge in [-0.1, -0.05) is 23.9 Å². The third-order valence-electron chi connectivity index (χ3n) is 2.74. The predicted molar refractivity (Wildman–Crippen MR) is 92.6 cm³/mol. The van der Waals surface area contributed by atoms with Gasteiger partial charge in [-0.2, -0.15) is 0 Å². The second-order valence-corrected chi connectivity index (χ2v) is 5.63. The Morgan fingerprint density at radius 1 is 1.30 bits per heavy atom. The fourth-order valence-electron chi connectivity index (χ4n) is 1.77. The van der Waals surface area contributed by atoms with E-state index >= 15 is 0 Å². The Morgan fingerprint density at radius 2 is 2.04 bits per heavy atom. The van der Waals surface area contributed by atoms with Crippen molar-refractivity contribution in [1.82, 2.24) is 9.97 Å². The molecule has 0 unspecified atom stereocenters. The van der Waals surface area contributed by atoms with Gasteiger partial charge in [-0.3, -0.25) is 14.4 Å². The standard InChI is InChI=1S/C15H15N3O3S.ClH/c1-9-6-13(20)18-15(16-9)22-8-14(21)17-12-5-3-4-11(7-12)10(2)19;/h3-7H,8H2,1-2H3,(H,17,21)(H,16,18,20);1H. The number of Topliss-reactive ketones (excluding diaryl/α,β-unsaturated/α-hetero) is 1. The summed E-state index contributed by atoms with van der Waals surface area (Å²) in [5.74, 6) is -0.196. The van der Waals surface area contributed by atoms with Crippen molar-refractivity contribution in [2.75, 3.05) is 11.1 Å². The topological polar surface area (TPSA) is 91.9 Å². The molecule has 23 heavy (non-hydrogen) atoms. The Hall–Kier alpha value is -2.12. The van der Waals surface area contributed by atoms with Crippen molar-refractivity contribution in [3.63, 3.8) is 0 Å². The molecule has 0 spiro atoms. The van der Waals surface area contributed by atoms with Gasteiger partial charge < -0.3 is 10.3 Å². The molecule has 1 aromatic carbocycles. The Balaban J connectivity index is 0.00000264. The van der Waals surface area contributed by atoms with Crippen molar-refractivity contribution in [3.05, 3.63) is 51.9 Å². The van der Waals surface area contributed by atoms with Gasteiger partial charge in [0.15, 0.2) is 10.9 Å². The van der Waals surface area contributed by atoms with Gasteiger partial charge in [-0.05, 0) is 26.0 Å². The van der Waals surface area contributed by atoms with Crippen LogP contribution in [0, 0.1) is 6.92 Å². The van der Waals surface area contributed by atoms with Gasteiger partial charge in [0.1, 0.15) is 0 Å². The highest BCUT2D eigenvalue weighted by molar-refractivity contribution is 7.99. The highest BCUT2D eigenvalue weighted by Gasteiger charge is 2.07. The molecule has 1 heterocycles. The molecular formula is C15H16ClN3O3S. The van der Waals surface area contributed by atoms with Crippen molar-refractivity contribution < 1.29 is 9.59 Å². The van der Waals surface area contributed by atoms with E-state index in [0.717, 1.165) is 11.8 Å². The predicted octanol–water partition coefficient (Wildman–Crippen LogP) is 2.43. The molecule has 0 aliphatic heterocycles. The van der Waals surface area contributed by atoms with E-state index in [9.17, 15) is 14.4 Å². The zero-order valence-electron chi connectivity index (χ0n) is 12.6. The van der Waals surface area contributed by atoms with Gasteiger partial charge in [0.25, 0.3) is 5.56 Å². The lowest BCUT2D eigenvalue weighted by Gasteiger charge is -2.06. The maximum Gasteiger partial charge on any atom is 0.251 e. The minimum Gasteiger partial charge on any atom is -0.325 e. The summed E-state index contributed by atoms with van der Waals surface area (Å²) >= 11 is 1.14. The maximum atomic E-state index is 11.9. The van der Waals surface area contributed by atoms with E-state index < -0.39 is 0 Å². The molecule has 0 saturated carbocycles. The van der Waals surface area contributed by atoms with Gasteiger partial charge in [0.2, 0.25) is 5.91 Å². The number of aromatic amines is 1. The smallest absolute Gasteiger partial charge is 0.251 e. The largest absolute Gasteiger partial charge is 0.325 e. The zero-order valence-corrected chi connectivity index (χ0v) is 14.2. The Bertz CT molecular complexity index is 777. The van der Waals surface area contributed by atoms with Crippen molar-refractivity contribution >= 4 is 41.5 Å². The minimum atomic E-state index is -0.246. The normalized spacial score (nSPS) is 9.83. The van der Waals surface area contributed by atoms with Gasteiger partial charge in [-0.15, -0.1) is 12.4 Å². The van der Waals surface area contributed by atoms with Crippen LogP contribution in [0.2, 0.25) is 0 Å². The van der Waals surface area contributed by atoms with Crippen LogP contribution in [0.15, 0.2) is 40.3 Å². The van der Waals surface area contributed by atoms with E-state index in [1.165, 1.54) is 13.0 Å². The SMILES string of the molecule is CC(=O)c1cccc(NC(=O)CSc2nc(C)cc(=O)[nH]2)c1.Cl. The molecule has 0 bridgehead atoms. The summed E-state index contributed by atoms with van der Waals surface area (Å²) in [5, 5.41) is 3.11. The molecule has 0 aliphatic rings. The second-order valence-electron chi connectivity index (χ2n) is 4.67. The monoisotopic (exact) mass is 353 g/mol. The first-order valence-corrected chi connectivity index (χ1v) is 7.54. The van der Waals surface area contributed by atoms with Crippen molar-refractivity contribution in [2.45, 2.75) is 19.0 Å². The summed E-state index contributed by atoms with van der Waals surface area (Å²) in [6.45, 7) is 3.18. The minimum absolute atomic E-state index is 0. The number of ketones is 1. The van der Waals surface area contributed by atoms with Gasteiger partial charge in [-0.25, -0.2) is 4.98 Å². The Labute approximate surface area is 143 Å². The number of halogens is 1. The number of aromatic nitrogens is 2. The van der Waals surface area contributed by atoms with Crippen LogP contribution >= 0.6 is 24.2 Å². The summed E-state index contributed by atoms with van der Waals surface area (Å²) in [5.41, 5.74) is 1.45. The lowest BCUT2D eigenvalue weighted by molar-refractivity contribution is -0.113. The number of carbonyl (C=O) groups excluding carboxylic acids is 2. The molecule has 8 heteroatoms. The fourth-order valence-corrected chi connectivity index (χ4v) is 2.49. The molecule has 0 fully saturated rings. The van der Waals surface area contributed by atoms with Crippen molar-refractivity contribution in [2.24, 2.45) is 0 Å². The van der Waals surface area contributed by atoms with Crippen LogP contribution in [0.5, 0.6) is 0 Å². The fraction of sp³-hybridized carbons (Fsp3) is 0.200. The van der Waals surface area contributed by atoms with Gasteiger partial charge in [0.05, 0.1) is 5.75 Å². The van der Waals surface area contributed by atoms with Crippen LogP contribution in [0.4, 0.5) is 5.69 Å². The van der Waals surface area contributed by atoms with Crippen LogP contribution in [0.25, 0.3) is 0 Å². The van der Waals surface area contributed by atoms with Gasteiger partial charge in [0, 0.05) is 23.0 Å². The molecule has 0 aliphatic carbocycles. The summed E-state index contributed by atoms with van der Waals surface area (Å²) in [6, 6.07) is 8.12. The van der Waals surface area contributed by atoms with Crippen LogP contribution in [-0.4, -0.2) is 27.4 Å². The molecule has 2 aromatic rings. The first-order chi connectivity index (χ1) is 10.4. The molecule has 2 rings (SSSR count). The molecule has 0 radical (unpaired) electrons. The lowest BCUT2D eigenvalue weighted by Crippen LogP contribution is -2.15. The van der Waals surface area contributed by atoms with E-state index in [0.29, 0.717) is 22.1 Å². The number of aryl methyl sites for hydroxylation is 1. The highest BCUT2D eigenvalue weighted by atomic mass is 35.5. The highest BCUT2D eigenvalue weighted by Crippen LogP contribution is 2.14. The number of hydrogen-bond acceptors (Lipinski definition) is 5. The van der Waals surface area contributed by atoms with Gasteiger partial charge >= 0.3 is 0 Å². The number of anilines is 1. The molecular weight excluding hydrogens is 338 g/mol. The zero-order chi connectivity index (χ0) is 16.1. The third-order valence-corrected chi connectivity index (χ3v) is 3.61. The molecule has 2 N–H and O–H groups in total. The summed E-state index contributed by atoms with van der Waals surface area (Å²) in [6.07, 6.45) is 0. The number of nitrogens with zero attached hydrogens (tertiary/aromatic N) is 1. The third kappa shape index (κ3) is 5.88. The maximum absolute atomic E-state index is 11.9. The number of carbonyl (C=O) groups is 2. The Kier molecular flexibility index (Phi) is 6.99. The number of rotatable bonds is 5. The quantitative estimate of drug-likeness (QED) is 0.489. The molecule has 1 amide bonds. The van der Waals surface area contributed by atoms with Crippen molar-refractivity contribution in [3.8, 4) is 0 Å². The first-order valence-electron chi connectivity index (χ1n) is 6.55. The summed E-state index contributed by atoms with van der Waals surface area (Å²) in [4.78, 5) is 41.2. The van der Waals surface area contributed by atoms with E-state index in [2.05, 4.69) is 15.3 Å². The van der Waals surface area contributed by atoms with E-state index in [4.69, 9.17) is 0 Å². The molecule has 122 valence electrons. The van der Waals surface area contributed by atoms with Crippen molar-refractivity contribution in [1.29, 1.82) is 0 Å². The number of benzene rings is 1. The average Bonchev–Trinajstić information content (AvgIpc) is 2.44. The van der Waals surface area contributed by atoms with E-state index in [-0.39, 0.29) is 35.4 Å². The number of amides is 1. The average molecular weight is 354 g/mol. The van der Waals surface area contributed by atoms with Crippen LogP contribution < -0.4 is 10.9 Å². The lowest BCUT2D eigenvalue weighted by atomic mass is 10.1. The summed E-state index contributed by atoms with van der Waals surface area (Å²) < 4.78 is 0. The number of thioether (sulfide) groups is 1.